The minimum absolute atomic E-state index is 0.0143. The number of methoxy groups -OCH3 is 1. The number of ether oxygens (including phenoxy) is 2. The van der Waals surface area contributed by atoms with Crippen molar-refractivity contribution < 1.29 is 27.1 Å². The van der Waals surface area contributed by atoms with Crippen LogP contribution in [0.25, 0.3) is 0 Å². The number of fused-ring (bicyclic) bond motifs is 1. The topological polar surface area (TPSA) is 94.2 Å². The number of carbonyl (C=O) groups is 1. The maximum absolute atomic E-state index is 12.4. The molecule has 0 radical (unpaired) electrons. The van der Waals surface area contributed by atoms with Crippen molar-refractivity contribution in [2.75, 3.05) is 33.2 Å². The molecule has 0 bridgehead atoms. The number of likely N-dealkylation sites (tertiary alicyclic amines) is 1. The van der Waals surface area contributed by atoms with Gasteiger partial charge in [-0.3, -0.25) is 4.90 Å². The molecule has 2 aliphatic heterocycles. The summed E-state index contributed by atoms with van der Waals surface area (Å²) in [5, 5.41) is 0.0143. The first-order chi connectivity index (χ1) is 11.8. The number of nitrogens with one attached hydrogen (secondary N) is 1. The normalized spacial score (nSPS) is 29.7. The van der Waals surface area contributed by atoms with Gasteiger partial charge in [-0.1, -0.05) is 20.8 Å². The van der Waals surface area contributed by atoms with Crippen LogP contribution in [0, 0.1) is 5.92 Å². The second kappa shape index (κ2) is 7.38. The Morgan fingerprint density at radius 3 is 2.42 bits per heavy atom. The van der Waals surface area contributed by atoms with Crippen LogP contribution < -0.4 is 4.72 Å². The highest BCUT2D eigenvalue weighted by molar-refractivity contribution is 7.88. The molecule has 0 saturated carbocycles. The van der Waals surface area contributed by atoms with Crippen LogP contribution in [0.3, 0.4) is 0 Å². The molecule has 4 atom stereocenters. The van der Waals surface area contributed by atoms with E-state index < -0.39 is 36.5 Å². The lowest BCUT2D eigenvalue weighted by Gasteiger charge is -2.39. The molecule has 26 heavy (non-hydrogen) atoms. The fourth-order valence-corrected chi connectivity index (χ4v) is 5.22. The molecule has 0 aromatic carbocycles. The highest BCUT2D eigenvalue weighted by atomic mass is 32.2. The highest BCUT2D eigenvalue weighted by Gasteiger charge is 2.55. The molecular weight excluding hydrogens is 376 g/mol. The SMILES string of the molecule is COC(=O)N1[C@@H]2COC[C@@H]2C(NS(C)(=O)=O)[C@@H]1CO[Si](C)(C)C(C)(C)C. The Bertz CT molecular complexity index is 633. The summed E-state index contributed by atoms with van der Waals surface area (Å²) in [5.41, 5.74) is 0. The van der Waals surface area contributed by atoms with Gasteiger partial charge < -0.3 is 13.9 Å². The molecule has 1 amide bonds. The predicted molar refractivity (Wildman–Crippen MR) is 101 cm³/mol. The Morgan fingerprint density at radius 1 is 1.31 bits per heavy atom. The molecular formula is C16H32N2O6SSi. The van der Waals surface area contributed by atoms with Crippen molar-refractivity contribution in [1.82, 2.24) is 9.62 Å². The Morgan fingerprint density at radius 2 is 1.92 bits per heavy atom. The van der Waals surface area contributed by atoms with Crippen LogP contribution in [0.15, 0.2) is 0 Å². The van der Waals surface area contributed by atoms with Gasteiger partial charge in [0.1, 0.15) is 0 Å². The van der Waals surface area contributed by atoms with Gasteiger partial charge in [0.2, 0.25) is 10.0 Å². The van der Waals surface area contributed by atoms with Crippen molar-refractivity contribution >= 4 is 24.4 Å². The fraction of sp³-hybridized carbons (Fsp3) is 0.938. The van der Waals surface area contributed by atoms with Crippen molar-refractivity contribution in [3.05, 3.63) is 0 Å². The maximum Gasteiger partial charge on any atom is 0.410 e. The summed E-state index contributed by atoms with van der Waals surface area (Å²) in [6.07, 6.45) is 0.650. The molecule has 2 aliphatic rings. The number of rotatable bonds is 5. The molecule has 2 saturated heterocycles. The van der Waals surface area contributed by atoms with E-state index in [9.17, 15) is 13.2 Å². The summed E-state index contributed by atoms with van der Waals surface area (Å²) in [4.78, 5) is 14.0. The number of sulfonamides is 1. The zero-order valence-corrected chi connectivity index (χ0v) is 18.6. The average molecular weight is 409 g/mol. The molecule has 0 aliphatic carbocycles. The van der Waals surface area contributed by atoms with Crippen LogP contribution in [0.1, 0.15) is 20.8 Å². The minimum Gasteiger partial charge on any atom is -0.453 e. The number of nitrogens with zero attached hydrogens (tertiary/aromatic N) is 1. The van der Waals surface area contributed by atoms with Crippen LogP contribution >= 0.6 is 0 Å². The minimum atomic E-state index is -3.45. The molecule has 0 spiro atoms. The predicted octanol–water partition coefficient (Wildman–Crippen LogP) is 1.39. The molecule has 0 aromatic heterocycles. The van der Waals surface area contributed by atoms with E-state index in [2.05, 4.69) is 38.6 Å². The highest BCUT2D eigenvalue weighted by Crippen LogP contribution is 2.39. The summed E-state index contributed by atoms with van der Waals surface area (Å²) in [6, 6.07) is -1.10. The van der Waals surface area contributed by atoms with Crippen LogP contribution in [0.2, 0.25) is 18.1 Å². The van der Waals surface area contributed by atoms with Crippen molar-refractivity contribution in [2.24, 2.45) is 5.92 Å². The van der Waals surface area contributed by atoms with E-state index in [-0.39, 0.29) is 23.6 Å². The van der Waals surface area contributed by atoms with Gasteiger partial charge in [-0.2, -0.15) is 0 Å². The molecule has 0 aromatic rings. The van der Waals surface area contributed by atoms with Crippen molar-refractivity contribution in [3.8, 4) is 0 Å². The Hall–Kier alpha value is -0.683. The van der Waals surface area contributed by atoms with E-state index in [0.717, 1.165) is 6.26 Å². The van der Waals surface area contributed by atoms with Crippen molar-refractivity contribution in [3.63, 3.8) is 0 Å². The van der Waals surface area contributed by atoms with Gasteiger partial charge in [0.15, 0.2) is 8.32 Å². The number of amides is 1. The van der Waals surface area contributed by atoms with Crippen LogP contribution in [0.4, 0.5) is 4.79 Å². The largest absolute Gasteiger partial charge is 0.453 e. The quantitative estimate of drug-likeness (QED) is 0.691. The van der Waals surface area contributed by atoms with Crippen LogP contribution in [0.5, 0.6) is 0 Å². The summed E-state index contributed by atoms with van der Waals surface area (Å²) >= 11 is 0. The third-order valence-electron chi connectivity index (χ3n) is 5.84. The molecule has 10 heteroatoms. The van der Waals surface area contributed by atoms with E-state index >= 15 is 0 Å². The summed E-state index contributed by atoms with van der Waals surface area (Å²) < 4.78 is 43.3. The first-order valence-corrected chi connectivity index (χ1v) is 13.6. The van der Waals surface area contributed by atoms with Gasteiger partial charge in [0, 0.05) is 5.92 Å². The number of hydrogen-bond acceptors (Lipinski definition) is 6. The summed E-state index contributed by atoms with van der Waals surface area (Å²) in [7, 11) is -4.17. The number of carbonyl (C=O) groups excluding carboxylic acids is 1. The Kier molecular flexibility index (Phi) is 6.14. The fourth-order valence-electron chi connectivity index (χ4n) is 3.38. The molecule has 2 rings (SSSR count). The van der Waals surface area contributed by atoms with E-state index in [1.54, 1.807) is 4.90 Å². The number of hydrogen-bond donors (Lipinski definition) is 1. The summed E-state index contributed by atoms with van der Waals surface area (Å²) in [6.45, 7) is 11.7. The zero-order chi connectivity index (χ0) is 19.9. The van der Waals surface area contributed by atoms with E-state index in [0.29, 0.717) is 13.2 Å². The van der Waals surface area contributed by atoms with Gasteiger partial charge in [0.25, 0.3) is 0 Å². The lowest BCUT2D eigenvalue weighted by Crippen LogP contribution is -2.54. The van der Waals surface area contributed by atoms with E-state index in [4.69, 9.17) is 13.9 Å². The Balaban J connectivity index is 2.30. The molecule has 2 fully saturated rings. The van der Waals surface area contributed by atoms with Gasteiger partial charge in [-0.05, 0) is 18.1 Å². The lowest BCUT2D eigenvalue weighted by molar-refractivity contribution is 0.0667. The zero-order valence-electron chi connectivity index (χ0n) is 16.7. The summed E-state index contributed by atoms with van der Waals surface area (Å²) in [5.74, 6) is -0.114. The first-order valence-electron chi connectivity index (χ1n) is 8.84. The van der Waals surface area contributed by atoms with E-state index in [1.165, 1.54) is 7.11 Å². The van der Waals surface area contributed by atoms with Gasteiger partial charge >= 0.3 is 6.09 Å². The van der Waals surface area contributed by atoms with Gasteiger partial charge in [-0.15, -0.1) is 0 Å². The van der Waals surface area contributed by atoms with E-state index in [1.807, 2.05) is 0 Å². The van der Waals surface area contributed by atoms with Crippen molar-refractivity contribution in [2.45, 2.75) is 57.0 Å². The molecule has 1 N–H and O–H groups in total. The molecule has 2 heterocycles. The molecule has 8 nitrogen and oxygen atoms in total. The molecule has 1 unspecified atom stereocenters. The third-order valence-corrected chi connectivity index (χ3v) is 11.0. The van der Waals surface area contributed by atoms with Crippen LogP contribution in [-0.4, -0.2) is 79.0 Å². The lowest BCUT2D eigenvalue weighted by atomic mass is 9.97. The van der Waals surface area contributed by atoms with Crippen LogP contribution in [-0.2, 0) is 23.9 Å². The smallest absolute Gasteiger partial charge is 0.410 e. The maximum atomic E-state index is 12.4. The van der Waals surface area contributed by atoms with Gasteiger partial charge in [-0.25, -0.2) is 17.9 Å². The third kappa shape index (κ3) is 4.41. The monoisotopic (exact) mass is 408 g/mol. The van der Waals surface area contributed by atoms with Gasteiger partial charge in [0.05, 0.1) is 51.3 Å². The average Bonchev–Trinajstić information content (AvgIpc) is 3.04. The standard InChI is InChI=1S/C16H32N2O6SSi/c1-16(2,3)26(6,7)24-10-13-14(17-25(5,20)21)11-8-23-9-12(11)18(13)15(19)22-4/h11-14,17H,8-10H2,1-7H3/t11-,12+,13-,14?/m0/s1. The first kappa shape index (κ1) is 21.6. The second-order valence-corrected chi connectivity index (χ2v) is 15.3. The Labute approximate surface area is 157 Å². The second-order valence-electron chi connectivity index (χ2n) is 8.70. The molecule has 152 valence electrons. The van der Waals surface area contributed by atoms with Crippen molar-refractivity contribution in [1.29, 1.82) is 0 Å².